The number of hydrogen-bond donors (Lipinski definition) is 0. The minimum absolute atomic E-state index is 0.334. The topological polar surface area (TPSA) is 55.8 Å². The number of thioether (sulfide) groups is 1. The molecule has 0 N–H and O–H groups in total. The van der Waals surface area contributed by atoms with Gasteiger partial charge in [0.15, 0.2) is 11.5 Å². The van der Waals surface area contributed by atoms with Crippen molar-refractivity contribution in [2.75, 3.05) is 18.6 Å². The summed E-state index contributed by atoms with van der Waals surface area (Å²) in [5, 5.41) is 0.100. The normalized spacial score (nSPS) is 15.7. The fourth-order valence-electron chi connectivity index (χ4n) is 2.51. The average molecular weight is 390 g/mol. The number of imide groups is 1. The second-order valence-electron chi connectivity index (χ2n) is 5.34. The first-order chi connectivity index (χ1) is 12.5. The molecular formula is C19H16ClNO4S. The molecule has 2 aromatic carbocycles. The highest BCUT2D eigenvalue weighted by molar-refractivity contribution is 8.19. The van der Waals surface area contributed by atoms with Crippen LogP contribution in [0.15, 0.2) is 47.4 Å². The van der Waals surface area contributed by atoms with Crippen molar-refractivity contribution in [1.29, 1.82) is 0 Å². The Morgan fingerprint density at radius 2 is 1.96 bits per heavy atom. The maximum absolute atomic E-state index is 12.7. The third-order valence-corrected chi connectivity index (χ3v) is 4.75. The molecule has 1 aliphatic heterocycles. The zero-order chi connectivity index (χ0) is 18.7. The first kappa shape index (κ1) is 18.4. The second kappa shape index (κ2) is 7.85. The Bertz CT molecular complexity index is 897. The molecule has 0 spiro atoms. The molecule has 1 saturated heterocycles. The molecule has 1 aliphatic rings. The van der Waals surface area contributed by atoms with Crippen LogP contribution in [0.1, 0.15) is 12.5 Å². The summed E-state index contributed by atoms with van der Waals surface area (Å²) in [6.45, 7) is 2.41. The van der Waals surface area contributed by atoms with Gasteiger partial charge in [-0.05, 0) is 60.7 Å². The van der Waals surface area contributed by atoms with Crippen molar-refractivity contribution in [2.24, 2.45) is 0 Å². The Morgan fingerprint density at radius 1 is 1.15 bits per heavy atom. The lowest BCUT2D eigenvalue weighted by molar-refractivity contribution is -0.113. The molecule has 7 heteroatoms. The van der Waals surface area contributed by atoms with Crippen molar-refractivity contribution in [1.82, 2.24) is 0 Å². The van der Waals surface area contributed by atoms with Crippen LogP contribution < -0.4 is 14.4 Å². The van der Waals surface area contributed by atoms with E-state index in [-0.39, 0.29) is 11.1 Å². The number of anilines is 1. The van der Waals surface area contributed by atoms with E-state index in [0.717, 1.165) is 22.2 Å². The number of ether oxygens (including phenoxy) is 2. The number of hydrogen-bond acceptors (Lipinski definition) is 5. The smallest absolute Gasteiger partial charge is 0.298 e. The van der Waals surface area contributed by atoms with E-state index in [2.05, 4.69) is 0 Å². The molecule has 1 heterocycles. The Labute approximate surface area is 160 Å². The van der Waals surface area contributed by atoms with Crippen LogP contribution in [0.3, 0.4) is 0 Å². The molecule has 0 saturated carbocycles. The van der Waals surface area contributed by atoms with Gasteiger partial charge in [-0.2, -0.15) is 0 Å². The summed E-state index contributed by atoms with van der Waals surface area (Å²) < 4.78 is 10.8. The standard InChI is InChI=1S/C19H16ClNO4S/c1-3-25-15-8-7-12(9-16(15)24-2)10-17-18(22)21(19(23)26-17)14-6-4-5-13(20)11-14/h4-11H,3H2,1-2H3. The van der Waals surface area contributed by atoms with E-state index in [1.165, 1.54) is 0 Å². The molecular weight excluding hydrogens is 374 g/mol. The molecule has 0 aliphatic carbocycles. The molecule has 3 rings (SSSR count). The van der Waals surface area contributed by atoms with Crippen molar-refractivity contribution in [3.8, 4) is 11.5 Å². The van der Waals surface area contributed by atoms with Gasteiger partial charge in [0, 0.05) is 5.02 Å². The maximum atomic E-state index is 12.7. The summed E-state index contributed by atoms with van der Waals surface area (Å²) in [5.74, 6) is 0.809. The quantitative estimate of drug-likeness (QED) is 0.674. The zero-order valence-electron chi connectivity index (χ0n) is 14.2. The van der Waals surface area contributed by atoms with Crippen LogP contribution in [0.5, 0.6) is 11.5 Å². The van der Waals surface area contributed by atoms with E-state index in [0.29, 0.717) is 33.7 Å². The highest BCUT2D eigenvalue weighted by atomic mass is 35.5. The van der Waals surface area contributed by atoms with Gasteiger partial charge in [0.2, 0.25) is 0 Å². The van der Waals surface area contributed by atoms with Crippen molar-refractivity contribution in [3.05, 3.63) is 58.0 Å². The van der Waals surface area contributed by atoms with E-state index in [9.17, 15) is 9.59 Å². The predicted octanol–water partition coefficient (Wildman–Crippen LogP) is 4.99. The highest BCUT2D eigenvalue weighted by Gasteiger charge is 2.36. The molecule has 0 radical (unpaired) electrons. The van der Waals surface area contributed by atoms with E-state index in [1.54, 1.807) is 55.7 Å². The molecule has 0 bridgehead atoms. The lowest BCUT2D eigenvalue weighted by atomic mass is 10.2. The Hall–Kier alpha value is -2.44. The average Bonchev–Trinajstić information content (AvgIpc) is 2.90. The SMILES string of the molecule is CCOc1ccc(C=C2SC(=O)N(c3cccc(Cl)c3)C2=O)cc1OC. The molecule has 2 amide bonds. The van der Waals surface area contributed by atoms with Crippen LogP contribution in [0, 0.1) is 0 Å². The number of rotatable bonds is 5. The van der Waals surface area contributed by atoms with Crippen molar-refractivity contribution >= 4 is 46.3 Å². The van der Waals surface area contributed by atoms with E-state index < -0.39 is 0 Å². The molecule has 134 valence electrons. The zero-order valence-corrected chi connectivity index (χ0v) is 15.8. The number of benzene rings is 2. The van der Waals surface area contributed by atoms with Crippen molar-refractivity contribution in [3.63, 3.8) is 0 Å². The minimum Gasteiger partial charge on any atom is -0.493 e. The number of methoxy groups -OCH3 is 1. The molecule has 5 nitrogen and oxygen atoms in total. The van der Waals surface area contributed by atoms with Gasteiger partial charge >= 0.3 is 0 Å². The largest absolute Gasteiger partial charge is 0.493 e. The van der Waals surface area contributed by atoms with E-state index in [4.69, 9.17) is 21.1 Å². The molecule has 0 atom stereocenters. The minimum atomic E-state index is -0.380. The van der Waals surface area contributed by atoms with Crippen LogP contribution in [0.2, 0.25) is 5.02 Å². The lowest BCUT2D eigenvalue weighted by Crippen LogP contribution is -2.27. The van der Waals surface area contributed by atoms with E-state index in [1.807, 2.05) is 6.92 Å². The summed E-state index contributed by atoms with van der Waals surface area (Å²) in [5.41, 5.74) is 1.19. The van der Waals surface area contributed by atoms with Gasteiger partial charge in [-0.25, -0.2) is 4.90 Å². The van der Waals surface area contributed by atoms with Gasteiger partial charge in [0.25, 0.3) is 11.1 Å². The van der Waals surface area contributed by atoms with Gasteiger partial charge in [0.1, 0.15) is 0 Å². The molecule has 1 fully saturated rings. The fourth-order valence-corrected chi connectivity index (χ4v) is 3.53. The Kier molecular flexibility index (Phi) is 5.54. The lowest BCUT2D eigenvalue weighted by Gasteiger charge is -2.12. The third kappa shape index (κ3) is 3.71. The summed E-state index contributed by atoms with van der Waals surface area (Å²) >= 11 is 6.85. The van der Waals surface area contributed by atoms with Gasteiger partial charge in [-0.15, -0.1) is 0 Å². The monoisotopic (exact) mass is 389 g/mol. The molecule has 26 heavy (non-hydrogen) atoms. The third-order valence-electron chi connectivity index (χ3n) is 3.65. The van der Waals surface area contributed by atoms with Gasteiger partial charge in [-0.1, -0.05) is 23.7 Å². The number of amides is 2. The molecule has 0 aromatic heterocycles. The first-order valence-corrected chi connectivity index (χ1v) is 9.07. The van der Waals surface area contributed by atoms with Gasteiger partial charge < -0.3 is 9.47 Å². The number of halogens is 1. The number of nitrogens with zero attached hydrogens (tertiary/aromatic N) is 1. The summed E-state index contributed by atoms with van der Waals surface area (Å²) in [6.07, 6.45) is 1.66. The summed E-state index contributed by atoms with van der Waals surface area (Å²) in [4.78, 5) is 26.4. The Balaban J connectivity index is 1.90. The van der Waals surface area contributed by atoms with Gasteiger partial charge in [-0.3, -0.25) is 9.59 Å². The molecule has 0 unspecified atom stereocenters. The first-order valence-electron chi connectivity index (χ1n) is 7.88. The number of carbonyl (C=O) groups is 2. The number of carbonyl (C=O) groups excluding carboxylic acids is 2. The van der Waals surface area contributed by atoms with Gasteiger partial charge in [0.05, 0.1) is 24.3 Å². The fraction of sp³-hybridized carbons (Fsp3) is 0.158. The van der Waals surface area contributed by atoms with Crippen LogP contribution in [-0.2, 0) is 4.79 Å². The van der Waals surface area contributed by atoms with Crippen molar-refractivity contribution in [2.45, 2.75) is 6.92 Å². The highest BCUT2D eigenvalue weighted by Crippen LogP contribution is 2.37. The second-order valence-corrected chi connectivity index (χ2v) is 6.77. The summed E-state index contributed by atoms with van der Waals surface area (Å²) in [6, 6.07) is 12.0. The molecule has 2 aromatic rings. The summed E-state index contributed by atoms with van der Waals surface area (Å²) in [7, 11) is 1.55. The predicted molar refractivity (Wildman–Crippen MR) is 104 cm³/mol. The van der Waals surface area contributed by atoms with Crippen LogP contribution in [-0.4, -0.2) is 24.9 Å². The van der Waals surface area contributed by atoms with Crippen molar-refractivity contribution < 1.29 is 19.1 Å². The maximum Gasteiger partial charge on any atom is 0.298 e. The van der Waals surface area contributed by atoms with Crippen LogP contribution >= 0.6 is 23.4 Å². The van der Waals surface area contributed by atoms with Crippen LogP contribution in [0.25, 0.3) is 6.08 Å². The Morgan fingerprint density at radius 3 is 2.65 bits per heavy atom. The van der Waals surface area contributed by atoms with E-state index >= 15 is 0 Å². The van der Waals surface area contributed by atoms with Crippen LogP contribution in [0.4, 0.5) is 10.5 Å².